The van der Waals surface area contributed by atoms with Gasteiger partial charge in [-0.05, 0) is 37.6 Å². The van der Waals surface area contributed by atoms with Gasteiger partial charge in [-0.2, -0.15) is 0 Å². The molecular formula is C11H15FN2. The highest BCUT2D eigenvalue weighted by Gasteiger charge is 2.26. The minimum atomic E-state index is -0.264. The Morgan fingerprint density at radius 2 is 2.21 bits per heavy atom. The predicted molar refractivity (Wildman–Crippen MR) is 55.3 cm³/mol. The SMILES string of the molecule is CN(Cc1ccc(F)cc1N)C1CC1. The van der Waals surface area contributed by atoms with Crippen LogP contribution in [0.3, 0.4) is 0 Å². The second-order valence-corrected chi connectivity index (χ2v) is 3.99. The molecule has 0 radical (unpaired) electrons. The van der Waals surface area contributed by atoms with E-state index in [4.69, 9.17) is 5.73 Å². The number of nitrogen functional groups attached to an aromatic ring is 1. The summed E-state index contributed by atoms with van der Waals surface area (Å²) in [7, 11) is 2.08. The number of hydrogen-bond acceptors (Lipinski definition) is 2. The fraction of sp³-hybridized carbons (Fsp3) is 0.455. The van der Waals surface area contributed by atoms with Crippen molar-refractivity contribution in [3.05, 3.63) is 29.6 Å². The maximum atomic E-state index is 12.8. The first-order valence-corrected chi connectivity index (χ1v) is 4.91. The third kappa shape index (κ3) is 2.04. The maximum Gasteiger partial charge on any atom is 0.125 e. The Balaban J connectivity index is 2.07. The van der Waals surface area contributed by atoms with E-state index in [1.807, 2.05) is 0 Å². The normalized spacial score (nSPS) is 16.2. The fourth-order valence-corrected chi connectivity index (χ4v) is 1.62. The summed E-state index contributed by atoms with van der Waals surface area (Å²) in [4.78, 5) is 2.27. The molecule has 0 spiro atoms. The van der Waals surface area contributed by atoms with Crippen molar-refractivity contribution in [3.63, 3.8) is 0 Å². The lowest BCUT2D eigenvalue weighted by Crippen LogP contribution is -2.20. The monoisotopic (exact) mass is 194 g/mol. The zero-order chi connectivity index (χ0) is 10.1. The van der Waals surface area contributed by atoms with Gasteiger partial charge in [0.2, 0.25) is 0 Å². The summed E-state index contributed by atoms with van der Waals surface area (Å²) in [5.41, 5.74) is 7.29. The van der Waals surface area contributed by atoms with Crippen molar-refractivity contribution in [2.45, 2.75) is 25.4 Å². The highest BCUT2D eigenvalue weighted by Crippen LogP contribution is 2.27. The molecule has 0 amide bonds. The van der Waals surface area contributed by atoms with Gasteiger partial charge in [-0.15, -0.1) is 0 Å². The van der Waals surface area contributed by atoms with E-state index in [1.54, 1.807) is 6.07 Å². The Morgan fingerprint density at radius 1 is 1.50 bits per heavy atom. The van der Waals surface area contributed by atoms with Crippen molar-refractivity contribution in [2.75, 3.05) is 12.8 Å². The van der Waals surface area contributed by atoms with Gasteiger partial charge in [0.25, 0.3) is 0 Å². The number of anilines is 1. The Labute approximate surface area is 83.5 Å². The molecule has 0 heterocycles. The number of nitrogens with zero attached hydrogens (tertiary/aromatic N) is 1. The molecule has 0 aliphatic heterocycles. The van der Waals surface area contributed by atoms with Crippen molar-refractivity contribution in [3.8, 4) is 0 Å². The van der Waals surface area contributed by atoms with Crippen LogP contribution < -0.4 is 5.73 Å². The summed E-state index contributed by atoms with van der Waals surface area (Å²) in [6.07, 6.45) is 2.55. The second-order valence-electron chi connectivity index (χ2n) is 3.99. The molecule has 2 rings (SSSR count). The molecule has 3 heteroatoms. The highest BCUT2D eigenvalue weighted by molar-refractivity contribution is 5.46. The largest absolute Gasteiger partial charge is 0.398 e. The van der Waals surface area contributed by atoms with Gasteiger partial charge in [0.1, 0.15) is 5.82 Å². The van der Waals surface area contributed by atoms with Crippen molar-refractivity contribution in [1.82, 2.24) is 4.90 Å². The van der Waals surface area contributed by atoms with Gasteiger partial charge < -0.3 is 5.73 Å². The predicted octanol–water partition coefficient (Wildman–Crippen LogP) is 2.00. The summed E-state index contributed by atoms with van der Waals surface area (Å²) in [6.45, 7) is 0.816. The fourth-order valence-electron chi connectivity index (χ4n) is 1.62. The Bertz CT molecular complexity index is 334. The van der Waals surface area contributed by atoms with E-state index >= 15 is 0 Å². The number of hydrogen-bond donors (Lipinski definition) is 1. The molecule has 0 saturated heterocycles. The van der Waals surface area contributed by atoms with E-state index in [0.29, 0.717) is 11.7 Å². The molecule has 0 bridgehead atoms. The van der Waals surface area contributed by atoms with Crippen LogP contribution >= 0.6 is 0 Å². The third-order valence-electron chi connectivity index (χ3n) is 2.70. The second kappa shape index (κ2) is 3.58. The van der Waals surface area contributed by atoms with E-state index < -0.39 is 0 Å². The Morgan fingerprint density at radius 3 is 2.79 bits per heavy atom. The van der Waals surface area contributed by atoms with Crippen molar-refractivity contribution >= 4 is 5.69 Å². The van der Waals surface area contributed by atoms with Crippen LogP contribution in [0.1, 0.15) is 18.4 Å². The molecule has 1 aromatic carbocycles. The number of halogens is 1. The lowest BCUT2D eigenvalue weighted by atomic mass is 10.1. The smallest absolute Gasteiger partial charge is 0.125 e. The van der Waals surface area contributed by atoms with Crippen LogP contribution in [0.15, 0.2) is 18.2 Å². The average molecular weight is 194 g/mol. The summed E-state index contributed by atoms with van der Waals surface area (Å²) in [5.74, 6) is -0.264. The molecule has 1 saturated carbocycles. The number of rotatable bonds is 3. The van der Waals surface area contributed by atoms with Crippen LogP contribution in [0.2, 0.25) is 0 Å². The first-order chi connectivity index (χ1) is 6.66. The third-order valence-corrected chi connectivity index (χ3v) is 2.70. The molecule has 2 nitrogen and oxygen atoms in total. The quantitative estimate of drug-likeness (QED) is 0.746. The summed E-state index contributed by atoms with van der Waals surface area (Å²) in [6, 6.07) is 5.32. The molecule has 14 heavy (non-hydrogen) atoms. The first kappa shape index (κ1) is 9.46. The van der Waals surface area contributed by atoms with Crippen LogP contribution in [0, 0.1) is 5.82 Å². The van der Waals surface area contributed by atoms with E-state index in [0.717, 1.165) is 12.1 Å². The molecule has 2 N–H and O–H groups in total. The minimum absolute atomic E-state index is 0.264. The van der Waals surface area contributed by atoms with Gasteiger partial charge >= 0.3 is 0 Å². The lowest BCUT2D eigenvalue weighted by molar-refractivity contribution is 0.317. The Hall–Kier alpha value is -1.09. The van der Waals surface area contributed by atoms with Crippen LogP contribution in [-0.2, 0) is 6.54 Å². The Kier molecular flexibility index (Phi) is 2.42. The van der Waals surface area contributed by atoms with Gasteiger partial charge in [-0.3, -0.25) is 4.90 Å². The van der Waals surface area contributed by atoms with Gasteiger partial charge in [0, 0.05) is 18.3 Å². The molecule has 1 aromatic rings. The van der Waals surface area contributed by atoms with Gasteiger partial charge in [0.15, 0.2) is 0 Å². The standard InChI is InChI=1S/C11H15FN2/c1-14(10-4-5-10)7-8-2-3-9(12)6-11(8)13/h2-3,6,10H,4-5,7,13H2,1H3. The van der Waals surface area contributed by atoms with Crippen molar-refractivity contribution < 1.29 is 4.39 Å². The summed E-state index contributed by atoms with van der Waals surface area (Å²) < 4.78 is 12.8. The van der Waals surface area contributed by atoms with E-state index in [9.17, 15) is 4.39 Å². The highest BCUT2D eigenvalue weighted by atomic mass is 19.1. The summed E-state index contributed by atoms with van der Waals surface area (Å²) in [5, 5.41) is 0. The van der Waals surface area contributed by atoms with Crippen LogP contribution in [0.25, 0.3) is 0 Å². The topological polar surface area (TPSA) is 29.3 Å². The molecule has 0 atom stereocenters. The average Bonchev–Trinajstić information content (AvgIpc) is 2.92. The van der Waals surface area contributed by atoms with Crippen LogP contribution in [0.4, 0.5) is 10.1 Å². The maximum absolute atomic E-state index is 12.8. The molecular weight excluding hydrogens is 179 g/mol. The molecule has 0 unspecified atom stereocenters. The van der Waals surface area contributed by atoms with Gasteiger partial charge in [0.05, 0.1) is 0 Å². The van der Waals surface area contributed by atoms with E-state index in [-0.39, 0.29) is 5.82 Å². The first-order valence-electron chi connectivity index (χ1n) is 4.91. The number of benzene rings is 1. The molecule has 1 fully saturated rings. The van der Waals surface area contributed by atoms with Gasteiger partial charge in [-0.1, -0.05) is 6.07 Å². The van der Waals surface area contributed by atoms with Crippen LogP contribution in [-0.4, -0.2) is 18.0 Å². The molecule has 0 aromatic heterocycles. The summed E-state index contributed by atoms with van der Waals surface area (Å²) >= 11 is 0. The van der Waals surface area contributed by atoms with E-state index in [1.165, 1.54) is 25.0 Å². The van der Waals surface area contributed by atoms with Crippen LogP contribution in [0.5, 0.6) is 0 Å². The molecule has 1 aliphatic carbocycles. The molecule has 76 valence electrons. The van der Waals surface area contributed by atoms with Crippen molar-refractivity contribution in [2.24, 2.45) is 0 Å². The van der Waals surface area contributed by atoms with E-state index in [2.05, 4.69) is 11.9 Å². The number of nitrogens with two attached hydrogens (primary N) is 1. The molecule has 1 aliphatic rings. The minimum Gasteiger partial charge on any atom is -0.398 e. The van der Waals surface area contributed by atoms with Crippen molar-refractivity contribution in [1.29, 1.82) is 0 Å². The lowest BCUT2D eigenvalue weighted by Gasteiger charge is -2.16. The zero-order valence-corrected chi connectivity index (χ0v) is 8.33. The van der Waals surface area contributed by atoms with Gasteiger partial charge in [-0.25, -0.2) is 4.39 Å². The zero-order valence-electron chi connectivity index (χ0n) is 8.33.